The van der Waals surface area contributed by atoms with E-state index in [9.17, 15) is 5.21 Å². The molecule has 166 valence electrons. The molecule has 0 unspecified atom stereocenters. The number of oxime groups is 1. The van der Waals surface area contributed by atoms with Crippen LogP contribution < -0.4 is 0 Å². The van der Waals surface area contributed by atoms with Gasteiger partial charge in [0, 0.05) is 0 Å². The van der Waals surface area contributed by atoms with Gasteiger partial charge in [0.15, 0.2) is 0 Å². The van der Waals surface area contributed by atoms with Crippen LogP contribution in [0.15, 0.2) is 5.16 Å². The van der Waals surface area contributed by atoms with Crippen LogP contribution in [0, 0.1) is 52.3 Å². The molecule has 2 heteroatoms. The first kappa shape index (κ1) is 21.7. The van der Waals surface area contributed by atoms with E-state index in [0.717, 1.165) is 60.0 Å². The highest BCUT2D eigenvalue weighted by molar-refractivity contribution is 5.85. The van der Waals surface area contributed by atoms with Crippen LogP contribution in [-0.4, -0.2) is 10.9 Å². The normalized spacial score (nSPS) is 47.0. The Morgan fingerprint density at radius 3 is 2.41 bits per heavy atom. The Kier molecular flexibility index (Phi) is 6.13. The van der Waals surface area contributed by atoms with Crippen molar-refractivity contribution in [2.24, 2.45) is 57.4 Å². The Morgan fingerprint density at radius 1 is 0.931 bits per heavy atom. The molecule has 2 nitrogen and oxygen atoms in total. The third-order valence-electron chi connectivity index (χ3n) is 10.8. The molecular formula is C27H47NO. The van der Waals surface area contributed by atoms with Crippen LogP contribution in [0.2, 0.25) is 0 Å². The van der Waals surface area contributed by atoms with Gasteiger partial charge in [-0.3, -0.25) is 0 Å². The Morgan fingerprint density at radius 2 is 1.69 bits per heavy atom. The van der Waals surface area contributed by atoms with Crippen LogP contribution in [0.3, 0.4) is 0 Å². The van der Waals surface area contributed by atoms with E-state index in [4.69, 9.17) is 0 Å². The van der Waals surface area contributed by atoms with Crippen LogP contribution in [0.5, 0.6) is 0 Å². The monoisotopic (exact) mass is 401 g/mol. The Hall–Kier alpha value is -0.530. The van der Waals surface area contributed by atoms with Gasteiger partial charge in [-0.15, -0.1) is 0 Å². The fourth-order valence-electron chi connectivity index (χ4n) is 9.18. The van der Waals surface area contributed by atoms with E-state index in [1.807, 2.05) is 0 Å². The molecule has 4 aliphatic carbocycles. The minimum atomic E-state index is 0.499. The number of nitrogens with zero attached hydrogens (tertiary/aromatic N) is 1. The van der Waals surface area contributed by atoms with Gasteiger partial charge in [0.05, 0.1) is 5.71 Å². The summed E-state index contributed by atoms with van der Waals surface area (Å²) in [5.41, 5.74) is 2.18. The van der Waals surface area contributed by atoms with E-state index in [1.165, 1.54) is 64.2 Å². The van der Waals surface area contributed by atoms with Gasteiger partial charge in [0.2, 0.25) is 0 Å². The maximum atomic E-state index is 9.32. The van der Waals surface area contributed by atoms with Gasteiger partial charge in [0.25, 0.3) is 0 Å². The molecule has 0 aromatic heterocycles. The van der Waals surface area contributed by atoms with E-state index in [-0.39, 0.29) is 0 Å². The summed E-state index contributed by atoms with van der Waals surface area (Å²) < 4.78 is 0. The van der Waals surface area contributed by atoms with Crippen molar-refractivity contribution < 1.29 is 5.21 Å². The molecule has 4 fully saturated rings. The van der Waals surface area contributed by atoms with Crippen LogP contribution in [0.4, 0.5) is 0 Å². The molecule has 4 aliphatic rings. The molecule has 0 aliphatic heterocycles. The van der Waals surface area contributed by atoms with Crippen molar-refractivity contribution in [3.63, 3.8) is 0 Å². The molecular weight excluding hydrogens is 354 g/mol. The fourth-order valence-corrected chi connectivity index (χ4v) is 9.18. The lowest BCUT2D eigenvalue weighted by atomic mass is 9.44. The third-order valence-corrected chi connectivity index (χ3v) is 10.8. The Balaban J connectivity index is 1.46. The minimum absolute atomic E-state index is 0.499. The summed E-state index contributed by atoms with van der Waals surface area (Å²) in [6, 6.07) is 0. The van der Waals surface area contributed by atoms with Crippen LogP contribution in [0.1, 0.15) is 112 Å². The summed E-state index contributed by atoms with van der Waals surface area (Å²) in [4.78, 5) is 0. The van der Waals surface area contributed by atoms with Gasteiger partial charge in [-0.25, -0.2) is 0 Å². The molecule has 29 heavy (non-hydrogen) atoms. The van der Waals surface area contributed by atoms with Crippen LogP contribution in [0.25, 0.3) is 0 Å². The summed E-state index contributed by atoms with van der Waals surface area (Å²) in [7, 11) is 0. The van der Waals surface area contributed by atoms with Gasteiger partial charge in [-0.1, -0.05) is 59.0 Å². The summed E-state index contributed by atoms with van der Waals surface area (Å²) in [6.45, 7) is 12.6. The second-order valence-corrected chi connectivity index (χ2v) is 12.6. The molecule has 0 aromatic carbocycles. The van der Waals surface area contributed by atoms with Crippen molar-refractivity contribution in [1.82, 2.24) is 0 Å². The maximum Gasteiger partial charge on any atom is 0.0574 e. The first-order valence-electron chi connectivity index (χ1n) is 13.0. The predicted molar refractivity (Wildman–Crippen MR) is 122 cm³/mol. The lowest BCUT2D eigenvalue weighted by Crippen LogP contribution is -2.53. The van der Waals surface area contributed by atoms with Crippen molar-refractivity contribution >= 4 is 5.71 Å². The summed E-state index contributed by atoms with van der Waals surface area (Å²) >= 11 is 0. The summed E-state index contributed by atoms with van der Waals surface area (Å²) in [6.07, 6.45) is 16.4. The van der Waals surface area contributed by atoms with E-state index >= 15 is 0 Å². The lowest BCUT2D eigenvalue weighted by molar-refractivity contribution is -0.105. The Bertz CT molecular complexity index is 612. The molecule has 0 aromatic rings. The number of fused-ring (bicyclic) bond motifs is 5. The molecule has 0 saturated heterocycles. The second-order valence-electron chi connectivity index (χ2n) is 12.6. The quantitative estimate of drug-likeness (QED) is 0.368. The number of rotatable bonds is 5. The Labute approximate surface area is 180 Å². The molecule has 0 bridgehead atoms. The molecule has 0 spiro atoms. The van der Waals surface area contributed by atoms with Gasteiger partial charge in [0.1, 0.15) is 0 Å². The van der Waals surface area contributed by atoms with E-state index in [2.05, 4.69) is 39.8 Å². The lowest BCUT2D eigenvalue weighted by Gasteiger charge is -2.60. The third kappa shape index (κ3) is 3.69. The molecule has 8 atom stereocenters. The van der Waals surface area contributed by atoms with Crippen molar-refractivity contribution in [2.45, 2.75) is 112 Å². The summed E-state index contributed by atoms with van der Waals surface area (Å²) in [5.74, 6) is 6.36. The van der Waals surface area contributed by atoms with Gasteiger partial charge >= 0.3 is 0 Å². The smallest absolute Gasteiger partial charge is 0.0574 e. The second kappa shape index (κ2) is 8.19. The van der Waals surface area contributed by atoms with Crippen molar-refractivity contribution in [3.8, 4) is 0 Å². The van der Waals surface area contributed by atoms with Gasteiger partial charge < -0.3 is 5.21 Å². The average Bonchev–Trinajstić information content (AvgIpc) is 3.04. The topological polar surface area (TPSA) is 32.6 Å². The molecule has 0 amide bonds. The van der Waals surface area contributed by atoms with Crippen LogP contribution >= 0.6 is 0 Å². The molecule has 1 N–H and O–H groups in total. The standard InChI is InChI=1S/C27H47NO/c1-18(2)7-6-8-19(3)23-11-12-24-22-10-9-20-17-21(28-29)13-15-26(20,4)25(22)14-16-27(23,24)5/h18-20,22-25,29H,6-17H2,1-5H3/b28-21+/t19-,20+,22+,23-,24+,25+,26+,27-/m1/s1. The number of hydrogen-bond donors (Lipinski definition) is 1. The molecule has 0 radical (unpaired) electrons. The highest BCUT2D eigenvalue weighted by Gasteiger charge is 2.60. The fraction of sp³-hybridized carbons (Fsp3) is 0.963. The zero-order valence-corrected chi connectivity index (χ0v) is 19.9. The SMILES string of the molecule is CC(C)CCC[C@@H](C)[C@H]1CC[C@H]2[C@@H]3CC[C@H]4C/C(=N/O)CC[C@]4(C)[C@H]3CC[C@]12C. The summed E-state index contributed by atoms with van der Waals surface area (Å²) in [5, 5.41) is 12.9. The van der Waals surface area contributed by atoms with E-state index < -0.39 is 0 Å². The van der Waals surface area contributed by atoms with Gasteiger partial charge in [-0.05, 0) is 110 Å². The molecule has 4 saturated carbocycles. The van der Waals surface area contributed by atoms with E-state index in [0.29, 0.717) is 10.8 Å². The van der Waals surface area contributed by atoms with Gasteiger partial charge in [-0.2, -0.15) is 0 Å². The highest BCUT2D eigenvalue weighted by Crippen LogP contribution is 2.68. The van der Waals surface area contributed by atoms with Crippen molar-refractivity contribution in [2.75, 3.05) is 0 Å². The minimum Gasteiger partial charge on any atom is -0.411 e. The first-order chi connectivity index (χ1) is 13.8. The largest absolute Gasteiger partial charge is 0.411 e. The van der Waals surface area contributed by atoms with Crippen molar-refractivity contribution in [1.29, 1.82) is 0 Å². The first-order valence-corrected chi connectivity index (χ1v) is 13.0. The number of hydrogen-bond acceptors (Lipinski definition) is 2. The van der Waals surface area contributed by atoms with Crippen molar-refractivity contribution in [3.05, 3.63) is 0 Å². The predicted octanol–water partition coefficient (Wildman–Crippen LogP) is 7.94. The average molecular weight is 402 g/mol. The van der Waals surface area contributed by atoms with E-state index in [1.54, 1.807) is 0 Å². The zero-order valence-electron chi connectivity index (χ0n) is 19.9. The zero-order chi connectivity index (χ0) is 20.8. The molecule has 4 rings (SSSR count). The highest BCUT2D eigenvalue weighted by atomic mass is 16.4. The maximum absolute atomic E-state index is 9.32. The van der Waals surface area contributed by atoms with Crippen LogP contribution in [-0.2, 0) is 0 Å². The molecule has 0 heterocycles.